The van der Waals surface area contributed by atoms with Crippen LogP contribution in [0.4, 0.5) is 0 Å². The van der Waals surface area contributed by atoms with Gasteiger partial charge in [0.15, 0.2) is 0 Å². The molecule has 0 spiro atoms. The van der Waals surface area contributed by atoms with Crippen LogP contribution in [-0.2, 0) is 0 Å². The molecule has 0 aliphatic carbocycles. The van der Waals surface area contributed by atoms with Crippen LogP contribution in [-0.4, -0.2) is 51.4 Å². The van der Waals surface area contributed by atoms with Gasteiger partial charge >= 0.3 is 0 Å². The summed E-state index contributed by atoms with van der Waals surface area (Å²) in [6.45, 7) is 12.0. The number of nitrogens with two attached hydrogens (primary N) is 2. The van der Waals surface area contributed by atoms with E-state index in [4.69, 9.17) is 11.5 Å². The average Bonchev–Trinajstić information content (AvgIpc) is 2.39. The first kappa shape index (κ1) is 18.8. The van der Waals surface area contributed by atoms with Crippen LogP contribution >= 0.6 is 0 Å². The molecule has 0 unspecified atom stereocenters. The third-order valence-corrected chi connectivity index (χ3v) is 3.37. The van der Waals surface area contributed by atoms with Crippen molar-refractivity contribution in [3.8, 4) is 0 Å². The molecular weight excluding hydrogens is 238 g/mol. The van der Waals surface area contributed by atoms with Crippen LogP contribution in [0.15, 0.2) is 0 Å². The second-order valence-electron chi connectivity index (χ2n) is 5.44. The maximum atomic E-state index is 5.60. The predicted octanol–water partition coefficient (Wildman–Crippen LogP) is -0.134. The molecule has 0 fully saturated rings. The van der Waals surface area contributed by atoms with Crippen molar-refractivity contribution in [2.75, 3.05) is 39.3 Å². The van der Waals surface area contributed by atoms with E-state index in [9.17, 15) is 0 Å². The van der Waals surface area contributed by atoms with Gasteiger partial charge in [0, 0.05) is 38.3 Å². The lowest BCUT2D eigenvalue weighted by atomic mass is 10.0. The minimum Gasteiger partial charge on any atom is -0.330 e. The third-order valence-electron chi connectivity index (χ3n) is 3.37. The molecule has 19 heavy (non-hydrogen) atoms. The van der Waals surface area contributed by atoms with Gasteiger partial charge in [-0.15, -0.1) is 0 Å². The van der Waals surface area contributed by atoms with Crippen molar-refractivity contribution in [1.29, 1.82) is 0 Å². The quantitative estimate of drug-likeness (QED) is 0.302. The fraction of sp³-hybridized carbons (Fsp3) is 1.00. The molecule has 7 N–H and O–H groups in total. The number of rotatable bonds is 13. The average molecular weight is 273 g/mol. The molecule has 0 aromatic heterocycles. The number of hydrogen-bond donors (Lipinski definition) is 5. The number of likely N-dealkylation sites (N-methyl/N-ethyl adjacent to an activating group) is 1. The van der Waals surface area contributed by atoms with Gasteiger partial charge in [0.1, 0.15) is 0 Å². The summed E-state index contributed by atoms with van der Waals surface area (Å²) in [5.74, 6) is 0.639. The molecule has 0 heterocycles. The molecule has 0 radical (unpaired) electrons. The number of hydrogen-bond acceptors (Lipinski definition) is 5. The van der Waals surface area contributed by atoms with E-state index < -0.39 is 0 Å². The molecule has 0 bridgehead atoms. The largest absolute Gasteiger partial charge is 0.330 e. The zero-order chi connectivity index (χ0) is 14.5. The Morgan fingerprint density at radius 2 is 1.74 bits per heavy atom. The predicted molar refractivity (Wildman–Crippen MR) is 84.3 cm³/mol. The summed E-state index contributed by atoms with van der Waals surface area (Å²) in [5, 5.41) is 10.6. The van der Waals surface area contributed by atoms with Gasteiger partial charge in [-0.2, -0.15) is 0 Å². The highest BCUT2D eigenvalue weighted by Crippen LogP contribution is 2.02. The van der Waals surface area contributed by atoms with E-state index in [1.54, 1.807) is 0 Å². The van der Waals surface area contributed by atoms with Gasteiger partial charge in [-0.25, -0.2) is 0 Å². The van der Waals surface area contributed by atoms with Crippen LogP contribution in [0.5, 0.6) is 0 Å². The molecule has 0 aliphatic rings. The van der Waals surface area contributed by atoms with Crippen molar-refractivity contribution in [3.05, 3.63) is 0 Å². The van der Waals surface area contributed by atoms with E-state index in [1.165, 1.54) is 0 Å². The molecule has 0 aromatic rings. The van der Waals surface area contributed by atoms with E-state index in [0.29, 0.717) is 24.5 Å². The van der Waals surface area contributed by atoms with Crippen molar-refractivity contribution in [2.24, 2.45) is 17.4 Å². The Hall–Kier alpha value is -0.200. The molecule has 0 saturated heterocycles. The highest BCUT2D eigenvalue weighted by atomic mass is 15.0. The summed E-state index contributed by atoms with van der Waals surface area (Å²) in [6.07, 6.45) is 2.18. The Bertz CT molecular complexity index is 187. The molecule has 0 aliphatic heterocycles. The maximum Gasteiger partial charge on any atom is 0.0215 e. The molecule has 0 rings (SSSR count). The molecular formula is C14H35N5. The lowest BCUT2D eigenvalue weighted by molar-refractivity contribution is 0.350. The van der Waals surface area contributed by atoms with Crippen molar-refractivity contribution in [1.82, 2.24) is 16.0 Å². The maximum absolute atomic E-state index is 5.60. The zero-order valence-corrected chi connectivity index (χ0v) is 13.0. The molecule has 0 aromatic carbocycles. The first-order valence-corrected chi connectivity index (χ1v) is 7.73. The van der Waals surface area contributed by atoms with Gasteiger partial charge in [0.2, 0.25) is 0 Å². The number of nitrogens with one attached hydrogen (secondary N) is 3. The molecule has 116 valence electrons. The second-order valence-corrected chi connectivity index (χ2v) is 5.44. The van der Waals surface area contributed by atoms with Crippen LogP contribution in [0.1, 0.15) is 33.6 Å². The highest BCUT2D eigenvalue weighted by molar-refractivity contribution is 4.77. The zero-order valence-electron chi connectivity index (χ0n) is 13.0. The lowest BCUT2D eigenvalue weighted by Crippen LogP contribution is -2.48. The summed E-state index contributed by atoms with van der Waals surface area (Å²) in [5.41, 5.74) is 11.1. The lowest BCUT2D eigenvalue weighted by Gasteiger charge is -2.26. The fourth-order valence-electron chi connectivity index (χ4n) is 2.12. The Balaban J connectivity index is 4.05. The van der Waals surface area contributed by atoms with Gasteiger partial charge < -0.3 is 27.4 Å². The van der Waals surface area contributed by atoms with Gasteiger partial charge in [0.25, 0.3) is 0 Å². The third kappa shape index (κ3) is 10.3. The van der Waals surface area contributed by atoms with Gasteiger partial charge in [-0.05, 0) is 31.8 Å². The van der Waals surface area contributed by atoms with E-state index in [0.717, 1.165) is 45.6 Å². The smallest absolute Gasteiger partial charge is 0.0215 e. The van der Waals surface area contributed by atoms with Crippen molar-refractivity contribution < 1.29 is 0 Å². The molecule has 5 heteroatoms. The first-order chi connectivity index (χ1) is 9.15. The van der Waals surface area contributed by atoms with Crippen LogP contribution in [0.25, 0.3) is 0 Å². The summed E-state index contributed by atoms with van der Waals surface area (Å²) in [6, 6.07) is 1.01. The standard InChI is InChI=1S/C14H35N5/c1-4-18-14(12(2)3)11-19-13(6-5-7-15)10-17-9-8-16/h12-14,17-19H,4-11,15-16H2,1-3H3/t13-,14+/m0/s1. The van der Waals surface area contributed by atoms with Crippen molar-refractivity contribution in [3.63, 3.8) is 0 Å². The summed E-state index contributed by atoms with van der Waals surface area (Å²) in [4.78, 5) is 0. The Labute approximate surface area is 119 Å². The Morgan fingerprint density at radius 1 is 1.00 bits per heavy atom. The van der Waals surface area contributed by atoms with E-state index in [2.05, 4.69) is 36.7 Å². The molecule has 0 amide bonds. The van der Waals surface area contributed by atoms with Crippen LogP contribution in [0.3, 0.4) is 0 Å². The van der Waals surface area contributed by atoms with Gasteiger partial charge in [-0.1, -0.05) is 20.8 Å². The summed E-state index contributed by atoms with van der Waals surface area (Å²) >= 11 is 0. The molecule has 0 saturated carbocycles. The molecule has 5 nitrogen and oxygen atoms in total. The Kier molecular flexibility index (Phi) is 12.7. The highest BCUT2D eigenvalue weighted by Gasteiger charge is 2.14. The van der Waals surface area contributed by atoms with E-state index in [-0.39, 0.29) is 0 Å². The minimum absolute atomic E-state index is 0.481. The van der Waals surface area contributed by atoms with E-state index in [1.807, 2.05) is 0 Å². The second kappa shape index (κ2) is 12.8. The molecule has 2 atom stereocenters. The van der Waals surface area contributed by atoms with Crippen LogP contribution < -0.4 is 27.4 Å². The fourth-order valence-corrected chi connectivity index (χ4v) is 2.12. The van der Waals surface area contributed by atoms with Crippen LogP contribution in [0, 0.1) is 5.92 Å². The van der Waals surface area contributed by atoms with Gasteiger partial charge in [0.05, 0.1) is 0 Å². The minimum atomic E-state index is 0.481. The van der Waals surface area contributed by atoms with Crippen molar-refractivity contribution >= 4 is 0 Å². The van der Waals surface area contributed by atoms with Crippen LogP contribution in [0.2, 0.25) is 0 Å². The Morgan fingerprint density at radius 3 is 2.26 bits per heavy atom. The topological polar surface area (TPSA) is 88.1 Å². The monoisotopic (exact) mass is 273 g/mol. The van der Waals surface area contributed by atoms with Crippen molar-refractivity contribution in [2.45, 2.75) is 45.7 Å². The van der Waals surface area contributed by atoms with E-state index >= 15 is 0 Å². The summed E-state index contributed by atoms with van der Waals surface area (Å²) in [7, 11) is 0. The first-order valence-electron chi connectivity index (χ1n) is 7.73. The SMILES string of the molecule is CCN[C@H](CN[C@@H](CCCN)CNCCN)C(C)C. The normalized spacial score (nSPS) is 14.8. The van der Waals surface area contributed by atoms with Gasteiger partial charge in [-0.3, -0.25) is 0 Å². The summed E-state index contributed by atoms with van der Waals surface area (Å²) < 4.78 is 0.